The molecule has 0 N–H and O–H groups in total. The van der Waals surface area contributed by atoms with E-state index < -0.39 is 5.24 Å². The molecular weight excluding hydrogens is 276 g/mol. The van der Waals surface area contributed by atoms with Crippen LogP contribution in [0.5, 0.6) is 5.88 Å². The van der Waals surface area contributed by atoms with Crippen molar-refractivity contribution in [2.75, 3.05) is 0 Å². The van der Waals surface area contributed by atoms with Gasteiger partial charge in [0.1, 0.15) is 6.61 Å². The average Bonchev–Trinajstić information content (AvgIpc) is 2.83. The lowest BCUT2D eigenvalue weighted by Gasteiger charge is -2.09. The maximum absolute atomic E-state index is 11.5. The molecule has 0 unspecified atom stereocenters. The highest BCUT2D eigenvalue weighted by Crippen LogP contribution is 2.19. The molecule has 0 saturated carbocycles. The summed E-state index contributed by atoms with van der Waals surface area (Å²) in [4.78, 5) is 11.5. The van der Waals surface area contributed by atoms with Crippen LogP contribution in [0.25, 0.3) is 0 Å². The Bertz CT molecular complexity index is 695. The van der Waals surface area contributed by atoms with E-state index in [1.54, 1.807) is 43.0 Å². The summed E-state index contributed by atoms with van der Waals surface area (Å²) in [6.07, 6.45) is 1.78. The Morgan fingerprint density at radius 2 is 2.25 bits per heavy atom. The van der Waals surface area contributed by atoms with E-state index in [0.717, 1.165) is 5.56 Å². The first kappa shape index (κ1) is 14.2. The molecular formula is C15H13ClN2O2. The van der Waals surface area contributed by atoms with E-state index >= 15 is 0 Å². The summed E-state index contributed by atoms with van der Waals surface area (Å²) >= 11 is 5.60. The Morgan fingerprint density at radius 3 is 2.85 bits per heavy atom. The Kier molecular flexibility index (Phi) is 4.44. The van der Waals surface area contributed by atoms with Gasteiger partial charge in [0, 0.05) is 36.0 Å². The van der Waals surface area contributed by atoms with Gasteiger partial charge in [-0.3, -0.25) is 9.48 Å². The second kappa shape index (κ2) is 6.27. The number of nitrogens with zero attached hydrogens (tertiary/aromatic N) is 2. The number of aromatic nitrogens is 2. The van der Waals surface area contributed by atoms with Gasteiger partial charge in [0.2, 0.25) is 5.88 Å². The fourth-order valence-corrected chi connectivity index (χ4v) is 1.97. The van der Waals surface area contributed by atoms with E-state index in [9.17, 15) is 4.79 Å². The van der Waals surface area contributed by atoms with Crippen molar-refractivity contribution < 1.29 is 9.53 Å². The predicted molar refractivity (Wildman–Crippen MR) is 76.7 cm³/mol. The van der Waals surface area contributed by atoms with E-state index in [-0.39, 0.29) is 6.61 Å². The van der Waals surface area contributed by atoms with Gasteiger partial charge in [-0.1, -0.05) is 12.0 Å². The Balaban J connectivity index is 2.31. The number of carbonyl (C=O) groups excluding carboxylic acids is 1. The Hall–Kier alpha value is -2.25. The van der Waals surface area contributed by atoms with Crippen molar-refractivity contribution in [1.82, 2.24) is 9.78 Å². The zero-order valence-electron chi connectivity index (χ0n) is 11.2. The summed E-state index contributed by atoms with van der Waals surface area (Å²) < 4.78 is 7.22. The van der Waals surface area contributed by atoms with Gasteiger partial charge in [-0.05, 0) is 30.7 Å². The molecule has 0 bridgehead atoms. The second-order valence-electron chi connectivity index (χ2n) is 4.10. The van der Waals surface area contributed by atoms with Gasteiger partial charge in [0.05, 0.1) is 0 Å². The van der Waals surface area contributed by atoms with Crippen LogP contribution < -0.4 is 4.74 Å². The predicted octanol–water partition coefficient (Wildman–Crippen LogP) is 2.75. The number of carbonyl (C=O) groups is 1. The molecule has 0 spiro atoms. The van der Waals surface area contributed by atoms with Crippen molar-refractivity contribution in [3.05, 3.63) is 47.2 Å². The number of benzene rings is 1. The summed E-state index contributed by atoms with van der Waals surface area (Å²) in [6.45, 7) is 1.92. The minimum atomic E-state index is -0.524. The largest absolute Gasteiger partial charge is 0.472 e. The van der Waals surface area contributed by atoms with Gasteiger partial charge in [-0.2, -0.15) is 0 Å². The van der Waals surface area contributed by atoms with Gasteiger partial charge < -0.3 is 4.74 Å². The van der Waals surface area contributed by atoms with Crippen LogP contribution >= 0.6 is 11.6 Å². The molecule has 4 nitrogen and oxygen atoms in total. The van der Waals surface area contributed by atoms with Crippen LogP contribution in [0.15, 0.2) is 30.5 Å². The van der Waals surface area contributed by atoms with Gasteiger partial charge >= 0.3 is 0 Å². The molecule has 0 aliphatic carbocycles. The van der Waals surface area contributed by atoms with Gasteiger partial charge in [0.25, 0.3) is 5.24 Å². The van der Waals surface area contributed by atoms with Crippen molar-refractivity contribution in [2.24, 2.45) is 7.05 Å². The average molecular weight is 289 g/mol. The number of rotatable bonds is 4. The zero-order valence-corrected chi connectivity index (χ0v) is 11.9. The molecule has 0 radical (unpaired) electrons. The molecule has 0 aliphatic rings. The van der Waals surface area contributed by atoms with Crippen LogP contribution in [0, 0.1) is 11.8 Å². The molecule has 0 fully saturated rings. The molecule has 0 amide bonds. The van der Waals surface area contributed by atoms with Gasteiger partial charge in [0.15, 0.2) is 0 Å². The van der Waals surface area contributed by atoms with Crippen molar-refractivity contribution in [3.8, 4) is 17.7 Å². The normalized spacial score (nSPS) is 9.75. The summed E-state index contributed by atoms with van der Waals surface area (Å²) in [7, 11) is 1.80. The van der Waals surface area contributed by atoms with Crippen molar-refractivity contribution in [3.63, 3.8) is 0 Å². The molecule has 102 valence electrons. The van der Waals surface area contributed by atoms with Crippen LogP contribution in [-0.4, -0.2) is 15.0 Å². The first-order chi connectivity index (χ1) is 9.61. The number of aryl methyl sites for hydroxylation is 1. The fraction of sp³-hybridized carbons (Fsp3) is 0.200. The van der Waals surface area contributed by atoms with Crippen LogP contribution in [0.4, 0.5) is 0 Å². The minimum absolute atomic E-state index is 0.190. The lowest BCUT2D eigenvalue weighted by Crippen LogP contribution is -2.06. The van der Waals surface area contributed by atoms with E-state index in [1.807, 2.05) is 6.07 Å². The van der Waals surface area contributed by atoms with Crippen LogP contribution in [0.1, 0.15) is 28.4 Å². The third kappa shape index (κ3) is 3.19. The summed E-state index contributed by atoms with van der Waals surface area (Å²) in [5, 5.41) is 3.59. The molecule has 0 atom stereocenters. The number of ether oxygens (including phenoxy) is 1. The smallest absolute Gasteiger partial charge is 0.252 e. The van der Waals surface area contributed by atoms with E-state index in [2.05, 4.69) is 16.9 Å². The first-order valence-electron chi connectivity index (χ1n) is 5.98. The maximum atomic E-state index is 11.5. The van der Waals surface area contributed by atoms with Crippen molar-refractivity contribution in [2.45, 2.75) is 13.5 Å². The summed E-state index contributed by atoms with van der Waals surface area (Å²) in [5.74, 6) is 6.25. The molecule has 5 heteroatoms. The Labute approximate surface area is 122 Å². The van der Waals surface area contributed by atoms with E-state index in [0.29, 0.717) is 17.0 Å². The molecule has 0 saturated heterocycles. The molecule has 2 aromatic rings. The monoisotopic (exact) mass is 288 g/mol. The van der Waals surface area contributed by atoms with E-state index in [4.69, 9.17) is 16.3 Å². The minimum Gasteiger partial charge on any atom is -0.472 e. The van der Waals surface area contributed by atoms with Gasteiger partial charge in [-0.15, -0.1) is 11.0 Å². The molecule has 20 heavy (non-hydrogen) atoms. The fourth-order valence-electron chi connectivity index (χ4n) is 1.80. The summed E-state index contributed by atoms with van der Waals surface area (Å²) in [5.41, 5.74) is 1.81. The number of halogens is 1. The highest BCUT2D eigenvalue weighted by molar-refractivity contribution is 6.67. The Morgan fingerprint density at radius 1 is 1.45 bits per heavy atom. The summed E-state index contributed by atoms with van der Waals surface area (Å²) in [6, 6.07) is 6.99. The maximum Gasteiger partial charge on any atom is 0.252 e. The lowest BCUT2D eigenvalue weighted by molar-refractivity contribution is 0.107. The third-order valence-electron chi connectivity index (χ3n) is 2.70. The van der Waals surface area contributed by atoms with Crippen molar-refractivity contribution >= 4 is 16.8 Å². The zero-order chi connectivity index (χ0) is 14.5. The highest BCUT2D eigenvalue weighted by Gasteiger charge is 2.13. The number of hydrogen-bond donors (Lipinski definition) is 0. The molecule has 1 heterocycles. The SMILES string of the molecule is CC#Cc1cccc(C(=O)Cl)c1COc1ccn(C)n1. The standard InChI is InChI=1S/C15H13ClN2O2/c1-3-5-11-6-4-7-12(15(16)19)13(11)10-20-14-8-9-18(2)17-14/h4,6-9H,10H2,1-2H3. The lowest BCUT2D eigenvalue weighted by atomic mass is 10.0. The molecule has 0 aliphatic heterocycles. The number of hydrogen-bond acceptors (Lipinski definition) is 3. The quantitative estimate of drug-likeness (QED) is 0.642. The topological polar surface area (TPSA) is 44.1 Å². The van der Waals surface area contributed by atoms with Crippen LogP contribution in [-0.2, 0) is 13.7 Å². The second-order valence-corrected chi connectivity index (χ2v) is 4.44. The van der Waals surface area contributed by atoms with Crippen molar-refractivity contribution in [1.29, 1.82) is 0 Å². The third-order valence-corrected chi connectivity index (χ3v) is 2.90. The van der Waals surface area contributed by atoms with E-state index in [1.165, 1.54) is 0 Å². The van der Waals surface area contributed by atoms with Crippen LogP contribution in [0.3, 0.4) is 0 Å². The highest BCUT2D eigenvalue weighted by atomic mass is 35.5. The van der Waals surface area contributed by atoms with Gasteiger partial charge in [-0.25, -0.2) is 0 Å². The molecule has 1 aromatic heterocycles. The van der Waals surface area contributed by atoms with Crippen LogP contribution in [0.2, 0.25) is 0 Å². The molecule has 2 rings (SSSR count). The molecule has 1 aromatic carbocycles. The first-order valence-corrected chi connectivity index (χ1v) is 6.36.